The van der Waals surface area contributed by atoms with Gasteiger partial charge in [0.2, 0.25) is 0 Å². The summed E-state index contributed by atoms with van der Waals surface area (Å²) in [5.41, 5.74) is 0.897. The molecule has 1 fully saturated rings. The second-order valence-electron chi connectivity index (χ2n) is 6.30. The SMILES string of the molecule is COCCN1CCC(CNC(=O)C(=O)NCc2ccc(Cl)cc2)CC1. The van der Waals surface area contributed by atoms with Gasteiger partial charge >= 0.3 is 11.8 Å². The Bertz CT molecular complexity index is 557. The third-order valence-corrected chi connectivity index (χ3v) is 4.69. The molecule has 0 saturated carbocycles. The predicted molar refractivity (Wildman–Crippen MR) is 97.3 cm³/mol. The van der Waals surface area contributed by atoms with Gasteiger partial charge in [-0.25, -0.2) is 0 Å². The lowest BCUT2D eigenvalue weighted by Crippen LogP contribution is -2.44. The Balaban J connectivity index is 1.63. The maximum Gasteiger partial charge on any atom is 0.309 e. The Morgan fingerprint density at radius 3 is 2.44 bits per heavy atom. The molecule has 1 aliphatic rings. The molecular weight excluding hydrogens is 342 g/mol. The molecule has 0 aromatic heterocycles. The van der Waals surface area contributed by atoms with Gasteiger partial charge in [0.25, 0.3) is 0 Å². The van der Waals surface area contributed by atoms with Gasteiger partial charge in [0.05, 0.1) is 6.61 Å². The first-order valence-electron chi connectivity index (χ1n) is 8.60. The number of halogens is 1. The van der Waals surface area contributed by atoms with Gasteiger partial charge in [0.15, 0.2) is 0 Å². The van der Waals surface area contributed by atoms with Crippen LogP contribution in [0.3, 0.4) is 0 Å². The van der Waals surface area contributed by atoms with Crippen LogP contribution in [0.1, 0.15) is 18.4 Å². The predicted octanol–water partition coefficient (Wildman–Crippen LogP) is 1.43. The van der Waals surface area contributed by atoms with Crippen molar-refractivity contribution >= 4 is 23.4 Å². The fourth-order valence-corrected chi connectivity index (χ4v) is 2.94. The summed E-state index contributed by atoms with van der Waals surface area (Å²) in [4.78, 5) is 26.1. The molecule has 0 bridgehead atoms. The molecule has 1 aromatic rings. The minimum Gasteiger partial charge on any atom is -0.383 e. The van der Waals surface area contributed by atoms with Gasteiger partial charge in [0, 0.05) is 31.8 Å². The molecule has 2 rings (SSSR count). The van der Waals surface area contributed by atoms with Crippen molar-refractivity contribution in [2.24, 2.45) is 5.92 Å². The zero-order valence-corrected chi connectivity index (χ0v) is 15.3. The highest BCUT2D eigenvalue weighted by Gasteiger charge is 2.21. The zero-order valence-electron chi connectivity index (χ0n) is 14.6. The summed E-state index contributed by atoms with van der Waals surface area (Å²) in [6.07, 6.45) is 2.05. The van der Waals surface area contributed by atoms with Crippen LogP contribution < -0.4 is 10.6 Å². The van der Waals surface area contributed by atoms with Crippen molar-refractivity contribution in [2.45, 2.75) is 19.4 Å². The molecule has 2 N–H and O–H groups in total. The largest absolute Gasteiger partial charge is 0.383 e. The summed E-state index contributed by atoms with van der Waals surface area (Å²) in [7, 11) is 1.71. The first-order chi connectivity index (χ1) is 12.1. The quantitative estimate of drug-likeness (QED) is 0.715. The van der Waals surface area contributed by atoms with Crippen LogP contribution in [0.5, 0.6) is 0 Å². The fraction of sp³-hybridized carbons (Fsp3) is 0.556. The van der Waals surface area contributed by atoms with Crippen molar-refractivity contribution in [3.8, 4) is 0 Å². The van der Waals surface area contributed by atoms with Gasteiger partial charge in [-0.15, -0.1) is 0 Å². The van der Waals surface area contributed by atoms with Crippen molar-refractivity contribution in [1.82, 2.24) is 15.5 Å². The van der Waals surface area contributed by atoms with E-state index < -0.39 is 11.8 Å². The van der Waals surface area contributed by atoms with Crippen LogP contribution in [0, 0.1) is 5.92 Å². The van der Waals surface area contributed by atoms with E-state index in [-0.39, 0.29) is 0 Å². The highest BCUT2D eigenvalue weighted by molar-refractivity contribution is 6.35. The Hall–Kier alpha value is -1.63. The molecule has 7 heteroatoms. The van der Waals surface area contributed by atoms with Gasteiger partial charge < -0.3 is 20.3 Å². The minimum atomic E-state index is -0.604. The number of carbonyl (C=O) groups is 2. The second kappa shape index (κ2) is 10.4. The molecule has 1 aliphatic heterocycles. The molecule has 2 amide bonds. The third kappa shape index (κ3) is 7.02. The molecule has 25 heavy (non-hydrogen) atoms. The normalized spacial score (nSPS) is 15.8. The molecule has 1 heterocycles. The second-order valence-corrected chi connectivity index (χ2v) is 6.73. The molecule has 1 saturated heterocycles. The van der Waals surface area contributed by atoms with E-state index >= 15 is 0 Å². The number of ether oxygens (including phenoxy) is 1. The van der Waals surface area contributed by atoms with E-state index in [2.05, 4.69) is 15.5 Å². The number of methoxy groups -OCH3 is 1. The van der Waals surface area contributed by atoms with Gasteiger partial charge in [-0.1, -0.05) is 23.7 Å². The summed E-state index contributed by atoms with van der Waals surface area (Å²) in [6, 6.07) is 7.14. The molecule has 1 aromatic carbocycles. The van der Waals surface area contributed by atoms with Gasteiger partial charge in [-0.2, -0.15) is 0 Å². The van der Waals surface area contributed by atoms with Crippen molar-refractivity contribution < 1.29 is 14.3 Å². The first-order valence-corrected chi connectivity index (χ1v) is 8.98. The van der Waals surface area contributed by atoms with E-state index in [0.29, 0.717) is 24.0 Å². The van der Waals surface area contributed by atoms with Crippen LogP contribution >= 0.6 is 11.6 Å². The summed E-state index contributed by atoms with van der Waals surface area (Å²) in [6.45, 7) is 4.56. The Morgan fingerprint density at radius 1 is 1.16 bits per heavy atom. The molecule has 138 valence electrons. The van der Waals surface area contributed by atoms with Crippen molar-refractivity contribution in [3.63, 3.8) is 0 Å². The lowest BCUT2D eigenvalue weighted by Gasteiger charge is -2.31. The van der Waals surface area contributed by atoms with Crippen LogP contribution in [0.15, 0.2) is 24.3 Å². The maximum atomic E-state index is 11.9. The van der Waals surface area contributed by atoms with Crippen LogP contribution in [0.25, 0.3) is 0 Å². The molecule has 0 radical (unpaired) electrons. The van der Waals surface area contributed by atoms with E-state index in [4.69, 9.17) is 16.3 Å². The highest BCUT2D eigenvalue weighted by Crippen LogP contribution is 2.16. The van der Waals surface area contributed by atoms with Crippen LogP contribution in [0.2, 0.25) is 5.02 Å². The lowest BCUT2D eigenvalue weighted by molar-refractivity contribution is -0.139. The van der Waals surface area contributed by atoms with Crippen LogP contribution in [-0.2, 0) is 20.9 Å². The standard InChI is InChI=1S/C18H26ClN3O3/c1-25-11-10-22-8-6-15(7-9-22)13-21-18(24)17(23)20-12-14-2-4-16(19)5-3-14/h2-5,15H,6-13H2,1H3,(H,20,23)(H,21,24). The number of hydrogen-bond acceptors (Lipinski definition) is 4. The van der Waals surface area contributed by atoms with E-state index in [1.165, 1.54) is 0 Å². The van der Waals surface area contributed by atoms with E-state index in [9.17, 15) is 9.59 Å². The monoisotopic (exact) mass is 367 g/mol. The summed E-state index contributed by atoms with van der Waals surface area (Å²) in [5.74, 6) is -0.755. The number of nitrogens with one attached hydrogen (secondary N) is 2. The molecule has 0 atom stereocenters. The number of benzene rings is 1. The Morgan fingerprint density at radius 2 is 1.80 bits per heavy atom. The number of amides is 2. The first kappa shape index (κ1) is 19.7. The lowest BCUT2D eigenvalue weighted by atomic mass is 9.97. The summed E-state index contributed by atoms with van der Waals surface area (Å²) in [5, 5.41) is 6.00. The molecule has 6 nitrogen and oxygen atoms in total. The smallest absolute Gasteiger partial charge is 0.309 e. The highest BCUT2D eigenvalue weighted by atomic mass is 35.5. The number of likely N-dealkylation sites (tertiary alicyclic amines) is 1. The number of piperidine rings is 1. The Labute approximate surface area is 153 Å². The number of nitrogens with zero attached hydrogens (tertiary/aromatic N) is 1. The average Bonchev–Trinajstić information content (AvgIpc) is 2.64. The molecule has 0 unspecified atom stereocenters. The number of hydrogen-bond donors (Lipinski definition) is 2. The summed E-state index contributed by atoms with van der Waals surface area (Å²) < 4.78 is 5.09. The van der Waals surface area contributed by atoms with Crippen molar-refractivity contribution in [2.75, 3.05) is 39.9 Å². The van der Waals surface area contributed by atoms with Crippen LogP contribution in [0.4, 0.5) is 0 Å². The maximum absolute atomic E-state index is 11.9. The van der Waals surface area contributed by atoms with Crippen molar-refractivity contribution in [3.05, 3.63) is 34.9 Å². The molecular formula is C18H26ClN3O3. The van der Waals surface area contributed by atoms with E-state index in [0.717, 1.165) is 44.6 Å². The number of carbonyl (C=O) groups excluding carboxylic acids is 2. The minimum absolute atomic E-state index is 0.307. The van der Waals surface area contributed by atoms with E-state index in [1.807, 2.05) is 12.1 Å². The molecule has 0 aliphatic carbocycles. The number of rotatable bonds is 7. The van der Waals surface area contributed by atoms with E-state index in [1.54, 1.807) is 19.2 Å². The summed E-state index contributed by atoms with van der Waals surface area (Å²) >= 11 is 5.81. The van der Waals surface area contributed by atoms with Crippen molar-refractivity contribution in [1.29, 1.82) is 0 Å². The van der Waals surface area contributed by atoms with Gasteiger partial charge in [-0.3, -0.25) is 9.59 Å². The third-order valence-electron chi connectivity index (χ3n) is 4.44. The average molecular weight is 368 g/mol. The molecule has 0 spiro atoms. The van der Waals surface area contributed by atoms with Gasteiger partial charge in [-0.05, 0) is 49.5 Å². The zero-order chi connectivity index (χ0) is 18.1. The fourth-order valence-electron chi connectivity index (χ4n) is 2.82. The van der Waals surface area contributed by atoms with Crippen LogP contribution in [-0.4, -0.2) is 56.6 Å². The van der Waals surface area contributed by atoms with Gasteiger partial charge in [0.1, 0.15) is 0 Å². The Kier molecular flexibility index (Phi) is 8.18. The topological polar surface area (TPSA) is 70.7 Å².